The van der Waals surface area contributed by atoms with Gasteiger partial charge in [0, 0.05) is 56.6 Å². The Morgan fingerprint density at radius 1 is 1.31 bits per heavy atom. The molecule has 8 heteroatoms. The lowest BCUT2D eigenvalue weighted by molar-refractivity contribution is -0.134. The van der Waals surface area contributed by atoms with E-state index in [1.807, 2.05) is 36.7 Å². The van der Waals surface area contributed by atoms with Gasteiger partial charge in [-0.1, -0.05) is 0 Å². The molecule has 4 heterocycles. The highest BCUT2D eigenvalue weighted by Gasteiger charge is 2.39. The van der Waals surface area contributed by atoms with Gasteiger partial charge in [0.1, 0.15) is 0 Å². The van der Waals surface area contributed by atoms with E-state index in [-0.39, 0.29) is 23.7 Å². The molecule has 0 saturated carbocycles. The molecule has 2 saturated heterocycles. The van der Waals surface area contributed by atoms with Gasteiger partial charge in [0.05, 0.1) is 18.2 Å². The van der Waals surface area contributed by atoms with Gasteiger partial charge in [-0.15, -0.1) is 0 Å². The topological polar surface area (TPSA) is 74.6 Å². The number of rotatable bonds is 6. The third-order valence-electron chi connectivity index (χ3n) is 6.13. The molecule has 4 rings (SSSR count). The number of aromatic nitrogens is 3. The fourth-order valence-electron chi connectivity index (χ4n) is 4.47. The molecule has 0 aromatic carbocycles. The number of carbonyl (C=O) groups excluding carboxylic acids is 2. The van der Waals surface area contributed by atoms with Crippen LogP contribution in [0.25, 0.3) is 11.0 Å². The molecule has 156 valence electrons. The van der Waals surface area contributed by atoms with E-state index in [1.165, 1.54) is 0 Å². The molecule has 0 radical (unpaired) electrons. The number of hydrogen-bond acceptors (Lipinski definition) is 5. The van der Waals surface area contributed by atoms with Gasteiger partial charge in [-0.05, 0) is 39.6 Å². The van der Waals surface area contributed by atoms with Crippen LogP contribution in [0.1, 0.15) is 31.4 Å². The van der Waals surface area contributed by atoms with E-state index in [1.54, 1.807) is 11.1 Å². The van der Waals surface area contributed by atoms with E-state index in [4.69, 9.17) is 5.10 Å². The molecule has 2 amide bonds. The van der Waals surface area contributed by atoms with Crippen molar-refractivity contribution in [1.29, 1.82) is 0 Å². The number of fused-ring (bicyclic) bond motifs is 1. The van der Waals surface area contributed by atoms with Crippen LogP contribution < -0.4 is 0 Å². The maximum absolute atomic E-state index is 13.0. The number of carbonyl (C=O) groups is 2. The van der Waals surface area contributed by atoms with Gasteiger partial charge < -0.3 is 14.7 Å². The van der Waals surface area contributed by atoms with Crippen LogP contribution in [0.2, 0.25) is 0 Å². The minimum absolute atomic E-state index is 0.0956. The summed E-state index contributed by atoms with van der Waals surface area (Å²) in [5, 5.41) is 5.98. The monoisotopic (exact) mass is 398 g/mol. The standard InChI is InChI=1S/C21H30N6O2/c1-4-25-14-16(12-18(25)28)21(29)26-9-7-15(13-26)19-17-6-5-8-22-20(17)27(23-19)11-10-24(2)3/h5-6,8,15-16H,4,7,9-14H2,1-3H3. The summed E-state index contributed by atoms with van der Waals surface area (Å²) >= 11 is 0. The Balaban J connectivity index is 1.50. The molecule has 0 N–H and O–H groups in total. The Hall–Kier alpha value is -2.48. The van der Waals surface area contributed by atoms with E-state index >= 15 is 0 Å². The van der Waals surface area contributed by atoms with Crippen molar-refractivity contribution in [3.8, 4) is 0 Å². The van der Waals surface area contributed by atoms with E-state index in [9.17, 15) is 9.59 Å². The largest absolute Gasteiger partial charge is 0.342 e. The van der Waals surface area contributed by atoms with Crippen LogP contribution in [-0.2, 0) is 16.1 Å². The Morgan fingerprint density at radius 2 is 2.14 bits per heavy atom. The molecule has 2 aromatic rings. The number of amides is 2. The normalized spacial score (nSPS) is 22.4. The Morgan fingerprint density at radius 3 is 2.86 bits per heavy atom. The van der Waals surface area contributed by atoms with Crippen LogP contribution >= 0.6 is 0 Å². The van der Waals surface area contributed by atoms with Crippen molar-refractivity contribution in [2.75, 3.05) is 46.8 Å². The first-order chi connectivity index (χ1) is 14.0. The predicted molar refractivity (Wildman–Crippen MR) is 110 cm³/mol. The van der Waals surface area contributed by atoms with Crippen molar-refractivity contribution in [3.05, 3.63) is 24.0 Å². The number of pyridine rings is 1. The lowest BCUT2D eigenvalue weighted by atomic mass is 10.0. The molecule has 2 aliphatic rings. The van der Waals surface area contributed by atoms with Crippen molar-refractivity contribution < 1.29 is 9.59 Å². The van der Waals surface area contributed by atoms with Gasteiger partial charge >= 0.3 is 0 Å². The highest BCUT2D eigenvalue weighted by Crippen LogP contribution is 2.33. The van der Waals surface area contributed by atoms with Crippen LogP contribution in [0.5, 0.6) is 0 Å². The summed E-state index contributed by atoms with van der Waals surface area (Å²) < 4.78 is 1.99. The third kappa shape index (κ3) is 3.85. The first-order valence-electron chi connectivity index (χ1n) is 10.5. The molecule has 0 bridgehead atoms. The average molecular weight is 399 g/mol. The first kappa shape index (κ1) is 19.8. The number of nitrogens with zero attached hydrogens (tertiary/aromatic N) is 6. The van der Waals surface area contributed by atoms with Crippen LogP contribution in [0.4, 0.5) is 0 Å². The van der Waals surface area contributed by atoms with Gasteiger partial charge in [0.2, 0.25) is 11.8 Å². The molecule has 2 unspecified atom stereocenters. The molecular formula is C21H30N6O2. The lowest BCUT2D eigenvalue weighted by Gasteiger charge is -2.20. The van der Waals surface area contributed by atoms with E-state index in [2.05, 4.69) is 16.0 Å². The second-order valence-corrected chi connectivity index (χ2v) is 8.39. The fraction of sp³-hybridized carbons (Fsp3) is 0.619. The van der Waals surface area contributed by atoms with E-state index in [0.29, 0.717) is 26.1 Å². The second-order valence-electron chi connectivity index (χ2n) is 8.39. The molecule has 2 atom stereocenters. The summed E-state index contributed by atoms with van der Waals surface area (Å²) in [5.41, 5.74) is 1.95. The van der Waals surface area contributed by atoms with Gasteiger partial charge in [-0.3, -0.25) is 9.59 Å². The Kier molecular flexibility index (Phi) is 5.54. The van der Waals surface area contributed by atoms with Gasteiger partial charge in [0.25, 0.3) is 0 Å². The minimum atomic E-state index is -0.197. The third-order valence-corrected chi connectivity index (χ3v) is 6.13. The zero-order chi connectivity index (χ0) is 20.5. The summed E-state index contributed by atoms with van der Waals surface area (Å²) in [6.45, 7) is 6.27. The SMILES string of the molecule is CCN1CC(C(=O)N2CCC(c3nn(CCN(C)C)c4ncccc34)C2)CC1=O. The molecule has 8 nitrogen and oxygen atoms in total. The average Bonchev–Trinajstić information content (AvgIpc) is 3.42. The molecule has 2 aromatic heterocycles. The summed E-state index contributed by atoms with van der Waals surface area (Å²) in [7, 11) is 4.10. The maximum atomic E-state index is 13.0. The second kappa shape index (κ2) is 8.10. The Bertz CT molecular complexity index is 908. The zero-order valence-corrected chi connectivity index (χ0v) is 17.5. The molecule has 29 heavy (non-hydrogen) atoms. The number of likely N-dealkylation sites (tertiary alicyclic amines) is 2. The van der Waals surface area contributed by atoms with Crippen molar-refractivity contribution in [1.82, 2.24) is 29.5 Å². The molecule has 2 fully saturated rings. The summed E-state index contributed by atoms with van der Waals surface area (Å²) in [6, 6.07) is 4.03. The van der Waals surface area contributed by atoms with Crippen molar-refractivity contribution >= 4 is 22.8 Å². The predicted octanol–water partition coefficient (Wildman–Crippen LogP) is 1.18. The smallest absolute Gasteiger partial charge is 0.228 e. The fourth-order valence-corrected chi connectivity index (χ4v) is 4.47. The molecule has 2 aliphatic heterocycles. The maximum Gasteiger partial charge on any atom is 0.228 e. The Labute approximate surface area is 171 Å². The highest BCUT2D eigenvalue weighted by atomic mass is 16.2. The minimum Gasteiger partial charge on any atom is -0.342 e. The number of hydrogen-bond donors (Lipinski definition) is 0. The molecular weight excluding hydrogens is 368 g/mol. The number of likely N-dealkylation sites (N-methyl/N-ethyl adjacent to an activating group) is 1. The first-order valence-corrected chi connectivity index (χ1v) is 10.5. The van der Waals surface area contributed by atoms with E-state index < -0.39 is 0 Å². The van der Waals surface area contributed by atoms with Crippen molar-refractivity contribution in [2.24, 2.45) is 5.92 Å². The summed E-state index contributed by atoms with van der Waals surface area (Å²) in [4.78, 5) is 35.4. The molecule has 0 spiro atoms. The van der Waals surface area contributed by atoms with E-state index in [0.717, 1.165) is 42.8 Å². The zero-order valence-electron chi connectivity index (χ0n) is 17.5. The quantitative estimate of drug-likeness (QED) is 0.730. The van der Waals surface area contributed by atoms with Crippen molar-refractivity contribution in [2.45, 2.75) is 32.2 Å². The lowest BCUT2D eigenvalue weighted by Crippen LogP contribution is -2.35. The highest BCUT2D eigenvalue weighted by molar-refractivity contribution is 5.89. The van der Waals surface area contributed by atoms with Gasteiger partial charge in [-0.2, -0.15) is 5.10 Å². The van der Waals surface area contributed by atoms with Gasteiger partial charge in [0.15, 0.2) is 5.65 Å². The van der Waals surface area contributed by atoms with Gasteiger partial charge in [-0.25, -0.2) is 9.67 Å². The van der Waals surface area contributed by atoms with Crippen LogP contribution in [0.3, 0.4) is 0 Å². The van der Waals surface area contributed by atoms with Crippen LogP contribution in [-0.4, -0.2) is 88.1 Å². The van der Waals surface area contributed by atoms with Crippen LogP contribution in [0.15, 0.2) is 18.3 Å². The summed E-state index contributed by atoms with van der Waals surface area (Å²) in [5.74, 6) is 0.229. The van der Waals surface area contributed by atoms with Crippen LogP contribution in [0, 0.1) is 5.92 Å². The van der Waals surface area contributed by atoms with Crippen molar-refractivity contribution in [3.63, 3.8) is 0 Å². The molecule has 0 aliphatic carbocycles. The summed E-state index contributed by atoms with van der Waals surface area (Å²) in [6.07, 6.45) is 3.06.